The van der Waals surface area contributed by atoms with Crippen LogP contribution in [0.3, 0.4) is 0 Å². The van der Waals surface area contributed by atoms with E-state index in [1.165, 1.54) is 82.6 Å². The lowest BCUT2D eigenvalue weighted by Gasteiger charge is -2.47. The molecule has 29 heavy (non-hydrogen) atoms. The van der Waals surface area contributed by atoms with Crippen LogP contribution in [0.5, 0.6) is 0 Å². The van der Waals surface area contributed by atoms with Crippen LogP contribution in [0.15, 0.2) is 4.99 Å². The number of hydrogen-bond acceptors (Lipinski definition) is 4. The van der Waals surface area contributed by atoms with Gasteiger partial charge in [-0.25, -0.2) is 0 Å². The summed E-state index contributed by atoms with van der Waals surface area (Å²) in [6.07, 6.45) is 9.24. The van der Waals surface area contributed by atoms with Gasteiger partial charge in [-0.05, 0) is 46.5 Å². The van der Waals surface area contributed by atoms with Gasteiger partial charge in [0.1, 0.15) is 0 Å². The van der Waals surface area contributed by atoms with Crippen molar-refractivity contribution in [2.24, 2.45) is 4.99 Å². The molecular formula is C22H44IN5S. The van der Waals surface area contributed by atoms with Crippen molar-refractivity contribution in [1.29, 1.82) is 0 Å². The maximum absolute atomic E-state index is 5.17. The molecule has 0 aromatic rings. The molecule has 0 radical (unpaired) electrons. The Kier molecular flexibility index (Phi) is 11.4. The second-order valence-electron chi connectivity index (χ2n) is 9.13. The van der Waals surface area contributed by atoms with E-state index in [0.717, 1.165) is 19.0 Å². The zero-order valence-electron chi connectivity index (χ0n) is 18.9. The molecule has 0 atom stereocenters. The lowest BCUT2D eigenvalue weighted by Crippen LogP contribution is -2.56. The van der Waals surface area contributed by atoms with E-state index in [1.807, 2.05) is 0 Å². The minimum atomic E-state index is 0. The van der Waals surface area contributed by atoms with Crippen LogP contribution in [-0.2, 0) is 0 Å². The molecule has 0 aromatic carbocycles. The Morgan fingerprint density at radius 2 is 1.72 bits per heavy atom. The van der Waals surface area contributed by atoms with Crippen molar-refractivity contribution in [3.63, 3.8) is 0 Å². The Morgan fingerprint density at radius 3 is 2.31 bits per heavy atom. The molecule has 2 N–H and O–H groups in total. The average molecular weight is 538 g/mol. The SMILES string of the molecule is CCNC(=NCC1(N2CCSCC2)CCCCC1)NC1CCN(C(C)C)CC1.I. The van der Waals surface area contributed by atoms with Gasteiger partial charge in [0.15, 0.2) is 5.96 Å². The molecule has 2 aliphatic heterocycles. The van der Waals surface area contributed by atoms with Gasteiger partial charge in [-0.2, -0.15) is 11.8 Å². The van der Waals surface area contributed by atoms with Gasteiger partial charge in [-0.15, -0.1) is 24.0 Å². The van der Waals surface area contributed by atoms with Crippen LogP contribution >= 0.6 is 35.7 Å². The maximum atomic E-state index is 5.17. The van der Waals surface area contributed by atoms with E-state index in [4.69, 9.17) is 4.99 Å². The highest BCUT2D eigenvalue weighted by atomic mass is 127. The van der Waals surface area contributed by atoms with E-state index >= 15 is 0 Å². The summed E-state index contributed by atoms with van der Waals surface area (Å²) in [6.45, 7) is 13.6. The fraction of sp³-hybridized carbons (Fsp3) is 0.955. The van der Waals surface area contributed by atoms with Crippen LogP contribution in [0.25, 0.3) is 0 Å². The first-order chi connectivity index (χ1) is 13.6. The Hall–Kier alpha value is 0.270. The van der Waals surface area contributed by atoms with Crippen molar-refractivity contribution in [1.82, 2.24) is 20.4 Å². The number of piperidine rings is 1. The smallest absolute Gasteiger partial charge is 0.191 e. The van der Waals surface area contributed by atoms with Crippen molar-refractivity contribution < 1.29 is 0 Å². The summed E-state index contributed by atoms with van der Waals surface area (Å²) in [4.78, 5) is 10.5. The minimum absolute atomic E-state index is 0. The third kappa shape index (κ3) is 7.42. The number of rotatable bonds is 6. The molecule has 5 nitrogen and oxygen atoms in total. The Bertz CT molecular complexity index is 482. The third-order valence-corrected chi connectivity index (χ3v) is 7.89. The second-order valence-corrected chi connectivity index (χ2v) is 10.4. The number of aliphatic imine (C=N–C) groups is 1. The number of likely N-dealkylation sites (tertiary alicyclic amines) is 1. The van der Waals surface area contributed by atoms with Crippen molar-refractivity contribution in [3.8, 4) is 0 Å². The van der Waals surface area contributed by atoms with Crippen LogP contribution in [-0.4, -0.2) is 84.2 Å². The molecule has 1 saturated carbocycles. The molecule has 170 valence electrons. The first-order valence-electron chi connectivity index (χ1n) is 11.7. The maximum Gasteiger partial charge on any atom is 0.191 e. The minimum Gasteiger partial charge on any atom is -0.357 e. The molecule has 3 fully saturated rings. The predicted octanol–water partition coefficient (Wildman–Crippen LogP) is 3.78. The first-order valence-corrected chi connectivity index (χ1v) is 12.9. The van der Waals surface area contributed by atoms with Gasteiger partial charge in [0.05, 0.1) is 6.54 Å². The molecule has 0 amide bonds. The number of guanidine groups is 1. The summed E-state index contributed by atoms with van der Waals surface area (Å²) in [5.74, 6) is 3.62. The quantitative estimate of drug-likeness (QED) is 0.307. The molecule has 7 heteroatoms. The third-order valence-electron chi connectivity index (χ3n) is 6.94. The molecule has 0 bridgehead atoms. The molecule has 0 aromatic heterocycles. The average Bonchev–Trinajstić information content (AvgIpc) is 2.74. The van der Waals surface area contributed by atoms with Gasteiger partial charge in [0.25, 0.3) is 0 Å². The standard InChI is InChI=1S/C22H43N5S.HI/c1-4-23-21(25-20-8-12-26(13-9-20)19(2)3)24-18-22(10-6-5-7-11-22)27-14-16-28-17-15-27;/h19-20H,4-18H2,1-3H3,(H2,23,24,25);1H. The molecule has 3 rings (SSSR count). The summed E-state index contributed by atoms with van der Waals surface area (Å²) in [6, 6.07) is 1.22. The van der Waals surface area contributed by atoms with Crippen molar-refractivity contribution in [2.45, 2.75) is 83.3 Å². The molecule has 2 heterocycles. The van der Waals surface area contributed by atoms with Crippen LogP contribution in [0, 0.1) is 0 Å². The zero-order chi connectivity index (χ0) is 19.8. The Labute approximate surface area is 200 Å². The largest absolute Gasteiger partial charge is 0.357 e. The highest BCUT2D eigenvalue weighted by Gasteiger charge is 2.38. The molecule has 2 saturated heterocycles. The second kappa shape index (κ2) is 13.0. The van der Waals surface area contributed by atoms with Crippen molar-refractivity contribution >= 4 is 41.7 Å². The lowest BCUT2D eigenvalue weighted by molar-refractivity contribution is 0.0671. The highest BCUT2D eigenvalue weighted by molar-refractivity contribution is 14.0. The summed E-state index contributed by atoms with van der Waals surface area (Å²) < 4.78 is 0. The van der Waals surface area contributed by atoms with Gasteiger partial charge >= 0.3 is 0 Å². The van der Waals surface area contributed by atoms with Gasteiger partial charge in [-0.1, -0.05) is 19.3 Å². The number of nitrogens with one attached hydrogen (secondary N) is 2. The van der Waals surface area contributed by atoms with Gasteiger partial charge in [0.2, 0.25) is 0 Å². The number of hydrogen-bond donors (Lipinski definition) is 2. The summed E-state index contributed by atoms with van der Waals surface area (Å²) >= 11 is 2.11. The first kappa shape index (κ1) is 25.5. The van der Waals surface area contributed by atoms with E-state index in [1.54, 1.807) is 0 Å². The molecule has 0 unspecified atom stereocenters. The van der Waals surface area contributed by atoms with Gasteiger partial charge in [0, 0.05) is 61.9 Å². The van der Waals surface area contributed by atoms with Crippen LogP contribution in [0.2, 0.25) is 0 Å². The Balaban J connectivity index is 0.00000300. The predicted molar refractivity (Wildman–Crippen MR) is 139 cm³/mol. The summed E-state index contributed by atoms with van der Waals surface area (Å²) in [7, 11) is 0. The molecular weight excluding hydrogens is 493 g/mol. The van der Waals surface area contributed by atoms with Crippen LogP contribution < -0.4 is 10.6 Å². The normalized spacial score (nSPS) is 24.9. The Morgan fingerprint density at radius 1 is 1.07 bits per heavy atom. The monoisotopic (exact) mass is 537 g/mol. The highest BCUT2D eigenvalue weighted by Crippen LogP contribution is 2.35. The molecule has 1 aliphatic carbocycles. The molecule has 3 aliphatic rings. The lowest BCUT2D eigenvalue weighted by atomic mass is 9.80. The van der Waals surface area contributed by atoms with E-state index in [2.05, 4.69) is 53.0 Å². The van der Waals surface area contributed by atoms with Gasteiger partial charge in [-0.3, -0.25) is 9.89 Å². The fourth-order valence-corrected chi connectivity index (χ4v) is 6.02. The van der Waals surface area contributed by atoms with Crippen LogP contribution in [0.1, 0.15) is 65.7 Å². The number of thioether (sulfide) groups is 1. The van der Waals surface area contributed by atoms with Gasteiger partial charge < -0.3 is 15.5 Å². The van der Waals surface area contributed by atoms with Crippen molar-refractivity contribution in [3.05, 3.63) is 0 Å². The van der Waals surface area contributed by atoms with E-state index in [0.29, 0.717) is 17.6 Å². The topological polar surface area (TPSA) is 42.9 Å². The van der Waals surface area contributed by atoms with E-state index in [9.17, 15) is 0 Å². The van der Waals surface area contributed by atoms with E-state index < -0.39 is 0 Å². The van der Waals surface area contributed by atoms with Crippen molar-refractivity contribution in [2.75, 3.05) is 50.8 Å². The summed E-state index contributed by atoms with van der Waals surface area (Å²) in [5, 5.41) is 7.29. The van der Waals surface area contributed by atoms with E-state index in [-0.39, 0.29) is 24.0 Å². The van der Waals surface area contributed by atoms with Crippen LogP contribution in [0.4, 0.5) is 0 Å². The molecule has 0 spiro atoms. The number of nitrogens with zero attached hydrogens (tertiary/aromatic N) is 3. The number of halogens is 1. The zero-order valence-corrected chi connectivity index (χ0v) is 22.1. The summed E-state index contributed by atoms with van der Waals surface area (Å²) in [5.41, 5.74) is 0.308. The fourth-order valence-electron chi connectivity index (χ4n) is 5.12.